The molecule has 4 nitrogen and oxygen atoms in total. The summed E-state index contributed by atoms with van der Waals surface area (Å²) in [6.07, 6.45) is 0.982. The maximum atomic E-state index is 11.5. The smallest absolute Gasteiger partial charge is 0.232 e. The van der Waals surface area contributed by atoms with Crippen molar-refractivity contribution in [1.29, 1.82) is 0 Å². The van der Waals surface area contributed by atoms with Crippen molar-refractivity contribution in [3.05, 3.63) is 0 Å². The zero-order valence-corrected chi connectivity index (χ0v) is 6.47. The van der Waals surface area contributed by atoms with Crippen LogP contribution >= 0.6 is 0 Å². The molecule has 2 aliphatic heterocycles. The van der Waals surface area contributed by atoms with Crippen molar-refractivity contribution in [2.75, 3.05) is 26.3 Å². The summed E-state index contributed by atoms with van der Waals surface area (Å²) in [7, 11) is 0. The maximum absolute atomic E-state index is 11.5. The summed E-state index contributed by atoms with van der Waals surface area (Å²) in [6.45, 7) is 2.92. The first-order valence-corrected chi connectivity index (χ1v) is 3.99. The molecular weight excluding hydrogens is 142 g/mol. The van der Waals surface area contributed by atoms with Gasteiger partial charge < -0.3 is 16.0 Å². The number of nitrogens with two attached hydrogens (primary N) is 1. The number of likely N-dealkylation sites (tertiary alicyclic amines) is 1. The molecule has 2 fully saturated rings. The number of hydrogen-bond donors (Lipinski definition) is 2. The van der Waals surface area contributed by atoms with Gasteiger partial charge >= 0.3 is 0 Å². The molecule has 4 heteroatoms. The van der Waals surface area contributed by atoms with Gasteiger partial charge in [0.25, 0.3) is 0 Å². The Bertz CT molecular complexity index is 188. The molecular formula is C7H13N3O. The van der Waals surface area contributed by atoms with E-state index in [1.165, 1.54) is 0 Å². The van der Waals surface area contributed by atoms with Crippen LogP contribution in [0.4, 0.5) is 0 Å². The highest BCUT2D eigenvalue weighted by molar-refractivity contribution is 5.86. The summed E-state index contributed by atoms with van der Waals surface area (Å²) >= 11 is 0. The van der Waals surface area contributed by atoms with Gasteiger partial charge in [0.1, 0.15) is 0 Å². The molecule has 0 atom stereocenters. The molecule has 0 radical (unpaired) electrons. The van der Waals surface area contributed by atoms with E-state index in [0.717, 1.165) is 26.1 Å². The quantitative estimate of drug-likeness (QED) is 0.496. The molecule has 0 unspecified atom stereocenters. The van der Waals surface area contributed by atoms with E-state index in [1.54, 1.807) is 4.90 Å². The van der Waals surface area contributed by atoms with E-state index in [2.05, 4.69) is 5.32 Å². The summed E-state index contributed by atoms with van der Waals surface area (Å²) in [4.78, 5) is 13.3. The third-order valence-electron chi connectivity index (χ3n) is 2.75. The number of hydrogen-bond acceptors (Lipinski definition) is 3. The lowest BCUT2D eigenvalue weighted by molar-refractivity contribution is -0.138. The average molecular weight is 155 g/mol. The molecule has 0 aromatic rings. The van der Waals surface area contributed by atoms with Crippen LogP contribution in [-0.2, 0) is 4.79 Å². The Labute approximate surface area is 65.7 Å². The summed E-state index contributed by atoms with van der Waals surface area (Å²) in [6, 6.07) is 0. The molecule has 11 heavy (non-hydrogen) atoms. The Morgan fingerprint density at radius 2 is 2.36 bits per heavy atom. The van der Waals surface area contributed by atoms with E-state index in [9.17, 15) is 4.79 Å². The molecule has 2 saturated heterocycles. The van der Waals surface area contributed by atoms with Crippen molar-refractivity contribution in [1.82, 2.24) is 10.2 Å². The number of amides is 1. The number of carbonyl (C=O) groups excluding carboxylic acids is 1. The van der Waals surface area contributed by atoms with Gasteiger partial charge in [-0.2, -0.15) is 0 Å². The number of nitrogens with one attached hydrogen (secondary N) is 1. The molecule has 3 N–H and O–H groups in total. The first-order valence-electron chi connectivity index (χ1n) is 3.99. The summed E-state index contributed by atoms with van der Waals surface area (Å²) in [5, 5.41) is 3.13. The van der Waals surface area contributed by atoms with E-state index >= 15 is 0 Å². The fourth-order valence-electron chi connectivity index (χ4n) is 1.82. The van der Waals surface area contributed by atoms with Crippen LogP contribution in [0, 0.1) is 5.41 Å². The van der Waals surface area contributed by atoms with Crippen molar-refractivity contribution in [2.24, 2.45) is 11.1 Å². The molecule has 1 spiro atoms. The van der Waals surface area contributed by atoms with Crippen molar-refractivity contribution in [3.63, 3.8) is 0 Å². The van der Waals surface area contributed by atoms with E-state index < -0.39 is 0 Å². The predicted molar refractivity (Wildman–Crippen MR) is 40.7 cm³/mol. The van der Waals surface area contributed by atoms with Crippen LogP contribution in [-0.4, -0.2) is 37.1 Å². The lowest BCUT2D eigenvalue weighted by Gasteiger charge is -2.36. The minimum atomic E-state index is -0.0562. The highest BCUT2D eigenvalue weighted by Gasteiger charge is 2.50. The molecule has 0 bridgehead atoms. The highest BCUT2D eigenvalue weighted by atomic mass is 16.2. The van der Waals surface area contributed by atoms with Crippen molar-refractivity contribution in [2.45, 2.75) is 6.42 Å². The van der Waals surface area contributed by atoms with Gasteiger partial charge in [-0.25, -0.2) is 0 Å². The lowest BCUT2D eigenvalue weighted by Crippen LogP contribution is -2.57. The Balaban J connectivity index is 2.11. The van der Waals surface area contributed by atoms with Gasteiger partial charge in [-0.05, 0) is 6.42 Å². The Kier molecular flexibility index (Phi) is 1.40. The second-order valence-corrected chi connectivity index (χ2v) is 3.39. The molecule has 0 saturated carbocycles. The minimum absolute atomic E-state index is 0.0562. The fourth-order valence-corrected chi connectivity index (χ4v) is 1.82. The Hall–Kier alpha value is -0.610. The topological polar surface area (TPSA) is 58.4 Å². The Morgan fingerprint density at radius 3 is 2.64 bits per heavy atom. The van der Waals surface area contributed by atoms with Gasteiger partial charge in [0.15, 0.2) is 0 Å². The largest absolute Gasteiger partial charge is 0.330 e. The molecule has 2 rings (SSSR count). The third kappa shape index (κ3) is 0.795. The fraction of sp³-hybridized carbons (Fsp3) is 0.857. The maximum Gasteiger partial charge on any atom is 0.232 e. The zero-order valence-electron chi connectivity index (χ0n) is 6.47. The lowest BCUT2D eigenvalue weighted by atomic mass is 9.80. The van der Waals surface area contributed by atoms with Gasteiger partial charge in [-0.15, -0.1) is 0 Å². The van der Waals surface area contributed by atoms with Crippen molar-refractivity contribution >= 4 is 5.91 Å². The first-order chi connectivity index (χ1) is 5.28. The molecule has 1 amide bonds. The number of nitrogens with zero attached hydrogens (tertiary/aromatic N) is 1. The van der Waals surface area contributed by atoms with E-state index in [-0.39, 0.29) is 11.3 Å². The second-order valence-electron chi connectivity index (χ2n) is 3.39. The average Bonchev–Trinajstić information content (AvgIpc) is 2.25. The van der Waals surface area contributed by atoms with Gasteiger partial charge in [0.2, 0.25) is 5.91 Å². The molecule has 2 heterocycles. The monoisotopic (exact) mass is 155 g/mol. The highest BCUT2D eigenvalue weighted by Crippen LogP contribution is 2.34. The summed E-state index contributed by atoms with van der Waals surface area (Å²) in [5.74, 6) is 0.249. The van der Waals surface area contributed by atoms with Crippen LogP contribution in [0.5, 0.6) is 0 Å². The molecule has 0 aromatic heterocycles. The predicted octanol–water partition coefficient (Wildman–Crippen LogP) is -1.28. The second kappa shape index (κ2) is 2.19. The van der Waals surface area contributed by atoms with Crippen LogP contribution in [0.1, 0.15) is 6.42 Å². The van der Waals surface area contributed by atoms with Crippen LogP contribution in [0.25, 0.3) is 0 Å². The van der Waals surface area contributed by atoms with Gasteiger partial charge in [0.05, 0.1) is 12.1 Å². The van der Waals surface area contributed by atoms with Gasteiger partial charge in [0, 0.05) is 19.6 Å². The van der Waals surface area contributed by atoms with Gasteiger partial charge in [-0.1, -0.05) is 0 Å². The van der Waals surface area contributed by atoms with Crippen molar-refractivity contribution < 1.29 is 4.79 Å². The summed E-state index contributed by atoms with van der Waals surface area (Å²) < 4.78 is 0. The third-order valence-corrected chi connectivity index (χ3v) is 2.75. The van der Waals surface area contributed by atoms with E-state index in [0.29, 0.717) is 6.67 Å². The standard InChI is InChI=1S/C7H13N3O/c8-5-10-2-1-7(6(10)11)3-9-4-7/h9H,1-5,8H2. The molecule has 2 aliphatic rings. The SMILES string of the molecule is NCN1CCC2(CNC2)C1=O. The molecule has 0 aliphatic carbocycles. The Morgan fingerprint density at radius 1 is 1.64 bits per heavy atom. The van der Waals surface area contributed by atoms with Crippen LogP contribution in [0.15, 0.2) is 0 Å². The normalized spacial score (nSPS) is 27.7. The number of rotatable bonds is 1. The van der Waals surface area contributed by atoms with Crippen LogP contribution < -0.4 is 11.1 Å². The van der Waals surface area contributed by atoms with Crippen LogP contribution in [0.2, 0.25) is 0 Å². The number of carbonyl (C=O) groups is 1. The minimum Gasteiger partial charge on any atom is -0.330 e. The summed E-state index contributed by atoms with van der Waals surface area (Å²) in [5.41, 5.74) is 5.35. The van der Waals surface area contributed by atoms with Crippen molar-refractivity contribution in [3.8, 4) is 0 Å². The zero-order chi connectivity index (χ0) is 7.90. The van der Waals surface area contributed by atoms with E-state index in [1.807, 2.05) is 0 Å². The molecule has 0 aromatic carbocycles. The van der Waals surface area contributed by atoms with E-state index in [4.69, 9.17) is 5.73 Å². The van der Waals surface area contributed by atoms with Crippen LogP contribution in [0.3, 0.4) is 0 Å². The van der Waals surface area contributed by atoms with Gasteiger partial charge in [-0.3, -0.25) is 4.79 Å². The molecule has 62 valence electrons. The first kappa shape index (κ1) is 7.06.